The van der Waals surface area contributed by atoms with Gasteiger partial charge in [0.25, 0.3) is 7.82 Å². The molecule has 0 saturated carbocycles. The van der Waals surface area contributed by atoms with Crippen molar-refractivity contribution in [1.82, 2.24) is 0 Å². The molecule has 0 amide bonds. The fraction of sp³-hybridized carbons (Fsp3) is 0.966. The number of phosphoric ester groups is 1. The van der Waals surface area contributed by atoms with Crippen LogP contribution in [0.2, 0.25) is 0 Å². The summed E-state index contributed by atoms with van der Waals surface area (Å²) >= 11 is 0. The lowest BCUT2D eigenvalue weighted by Crippen LogP contribution is -2.37. The first-order valence-electron chi connectivity index (χ1n) is 15.0. The zero-order valence-electron chi connectivity index (χ0n) is 25.0. The first-order valence-corrected chi connectivity index (χ1v) is 16.5. The largest absolute Gasteiger partial charge is 0.756 e. The van der Waals surface area contributed by atoms with Gasteiger partial charge in [-0.1, -0.05) is 103 Å². The van der Waals surface area contributed by atoms with E-state index in [0.717, 1.165) is 12.8 Å². The van der Waals surface area contributed by atoms with Crippen LogP contribution in [0, 0.1) is 5.92 Å². The fourth-order valence-corrected chi connectivity index (χ4v) is 5.01. The third-order valence-corrected chi connectivity index (χ3v) is 7.52. The molecule has 7 nitrogen and oxygen atoms in total. The second kappa shape index (κ2) is 23.6. The van der Waals surface area contributed by atoms with Crippen molar-refractivity contribution in [1.29, 1.82) is 0 Å². The zero-order chi connectivity index (χ0) is 27.8. The van der Waals surface area contributed by atoms with Crippen LogP contribution in [0.25, 0.3) is 0 Å². The summed E-state index contributed by atoms with van der Waals surface area (Å²) in [7, 11) is 1.49. The molecule has 0 N–H and O–H groups in total. The molecule has 2 atom stereocenters. The van der Waals surface area contributed by atoms with E-state index >= 15 is 0 Å². The van der Waals surface area contributed by atoms with Crippen LogP contribution in [0.3, 0.4) is 0 Å². The average molecular weight is 550 g/mol. The third-order valence-electron chi connectivity index (χ3n) is 6.55. The van der Waals surface area contributed by atoms with Crippen LogP contribution in [0.15, 0.2) is 0 Å². The highest BCUT2D eigenvalue weighted by atomic mass is 31.2. The minimum absolute atomic E-state index is 0.00806. The summed E-state index contributed by atoms with van der Waals surface area (Å²) in [5, 5.41) is 0. The van der Waals surface area contributed by atoms with Crippen molar-refractivity contribution >= 4 is 13.6 Å². The molecule has 1 unspecified atom stereocenters. The Bertz CT molecular complexity index is 581. The van der Waals surface area contributed by atoms with Gasteiger partial charge in [0.1, 0.15) is 18.9 Å². The summed E-state index contributed by atoms with van der Waals surface area (Å²) in [6, 6.07) is 0. The lowest BCUT2D eigenvalue weighted by Gasteiger charge is -2.28. The quantitative estimate of drug-likeness (QED) is 0.0590. The smallest absolute Gasteiger partial charge is 0.268 e. The van der Waals surface area contributed by atoms with E-state index < -0.39 is 7.82 Å². The van der Waals surface area contributed by atoms with Crippen molar-refractivity contribution in [2.24, 2.45) is 5.92 Å². The Balaban J connectivity index is 3.71. The maximum absolute atomic E-state index is 12.0. The third kappa shape index (κ3) is 28.5. The summed E-state index contributed by atoms with van der Waals surface area (Å²) in [5.41, 5.74) is 0. The molecule has 0 aliphatic rings. The van der Waals surface area contributed by atoms with Crippen LogP contribution in [-0.2, 0) is 23.1 Å². The molecule has 0 bridgehead atoms. The normalized spacial score (nSPS) is 14.5. The van der Waals surface area contributed by atoms with Crippen LogP contribution in [0.4, 0.5) is 0 Å². The Labute approximate surface area is 229 Å². The molecule has 0 aliphatic carbocycles. The molecule has 222 valence electrons. The second-order valence-electron chi connectivity index (χ2n) is 11.7. The van der Waals surface area contributed by atoms with Gasteiger partial charge in [-0.25, -0.2) is 0 Å². The van der Waals surface area contributed by atoms with Crippen LogP contribution in [0.5, 0.6) is 0 Å². The van der Waals surface area contributed by atoms with Crippen molar-refractivity contribution in [3.05, 3.63) is 0 Å². The number of ether oxygens (including phenoxy) is 1. The number of hydrogen-bond donors (Lipinski definition) is 0. The number of Topliss-reactive ketones (excluding diaryl/α,β-unsaturated/α-hetero) is 1. The highest BCUT2D eigenvalue weighted by molar-refractivity contribution is 7.45. The maximum atomic E-state index is 12.0. The summed E-state index contributed by atoms with van der Waals surface area (Å²) in [5.74, 6) is -0.297. The minimum Gasteiger partial charge on any atom is -0.756 e. The molecule has 0 radical (unpaired) electrons. The van der Waals surface area contributed by atoms with Gasteiger partial charge >= 0.3 is 0 Å². The molecule has 0 saturated heterocycles. The van der Waals surface area contributed by atoms with Crippen LogP contribution in [0.1, 0.15) is 123 Å². The van der Waals surface area contributed by atoms with Crippen LogP contribution in [-0.4, -0.2) is 64.4 Å². The molecule has 0 aromatic carbocycles. The molecule has 0 aliphatic heterocycles. The fourth-order valence-electron chi connectivity index (χ4n) is 4.24. The number of unbranched alkanes of at least 4 members (excludes halogenated alkanes) is 15. The summed E-state index contributed by atoms with van der Waals surface area (Å²) in [6.45, 7) is 5.24. The molecule has 0 aromatic rings. The number of phosphoric acid groups is 1. The molecular weight excluding hydrogens is 489 g/mol. The van der Waals surface area contributed by atoms with Gasteiger partial charge in [-0.15, -0.1) is 0 Å². The number of rotatable bonds is 28. The van der Waals surface area contributed by atoms with E-state index in [0.29, 0.717) is 24.2 Å². The summed E-state index contributed by atoms with van der Waals surface area (Å²) < 4.78 is 28.3. The van der Waals surface area contributed by atoms with Gasteiger partial charge in [-0.3, -0.25) is 4.57 Å². The van der Waals surface area contributed by atoms with Gasteiger partial charge in [-0.05, 0) is 13.3 Å². The van der Waals surface area contributed by atoms with Crippen molar-refractivity contribution < 1.29 is 32.5 Å². The number of likely N-dealkylation sites (N-methyl/N-ethyl adjacent to an activating group) is 1. The molecule has 37 heavy (non-hydrogen) atoms. The van der Waals surface area contributed by atoms with E-state index in [9.17, 15) is 14.3 Å². The van der Waals surface area contributed by atoms with E-state index in [4.69, 9.17) is 13.8 Å². The number of hydrogen-bond acceptors (Lipinski definition) is 6. The molecular formula is C29H60NO6P. The van der Waals surface area contributed by atoms with Gasteiger partial charge < -0.3 is 28.0 Å². The summed E-state index contributed by atoms with van der Waals surface area (Å²) in [4.78, 5) is 23.6. The van der Waals surface area contributed by atoms with Crippen LogP contribution >= 0.6 is 7.82 Å². The Hall–Kier alpha value is -0.300. The Kier molecular flexibility index (Phi) is 23.4. The highest BCUT2D eigenvalue weighted by Gasteiger charge is 2.18. The molecule has 0 spiro atoms. The van der Waals surface area contributed by atoms with Gasteiger partial charge in [-0.2, -0.15) is 0 Å². The van der Waals surface area contributed by atoms with E-state index in [-0.39, 0.29) is 31.3 Å². The molecule has 8 heteroatoms. The van der Waals surface area contributed by atoms with E-state index in [1.165, 1.54) is 96.8 Å². The SMILES string of the molecule is CCCCCCCCCCCCCCCCCCOC[C@@H](COP(=O)([O-])OCC[N+](C)(C)C)CC(C)=O. The predicted molar refractivity (Wildman–Crippen MR) is 152 cm³/mol. The number of carbonyl (C=O) groups excluding carboxylic acids is 1. The zero-order valence-corrected chi connectivity index (χ0v) is 25.9. The predicted octanol–water partition coefficient (Wildman–Crippen LogP) is 7.07. The highest BCUT2D eigenvalue weighted by Crippen LogP contribution is 2.38. The Morgan fingerprint density at radius 2 is 1.19 bits per heavy atom. The number of nitrogens with zero attached hydrogens (tertiary/aromatic N) is 1. The number of quaternary nitrogens is 1. The second-order valence-corrected chi connectivity index (χ2v) is 13.2. The van der Waals surface area contributed by atoms with Crippen molar-refractivity contribution in [3.63, 3.8) is 0 Å². The topological polar surface area (TPSA) is 84.9 Å². The first-order chi connectivity index (χ1) is 17.6. The van der Waals surface area contributed by atoms with E-state index in [1.54, 1.807) is 0 Å². The summed E-state index contributed by atoms with van der Waals surface area (Å²) in [6.07, 6.45) is 21.5. The lowest BCUT2D eigenvalue weighted by atomic mass is 10.0. The first kappa shape index (κ1) is 36.7. The van der Waals surface area contributed by atoms with Crippen molar-refractivity contribution in [3.8, 4) is 0 Å². The van der Waals surface area contributed by atoms with Gasteiger partial charge in [0.05, 0.1) is 34.4 Å². The maximum Gasteiger partial charge on any atom is 0.268 e. The van der Waals surface area contributed by atoms with Gasteiger partial charge in [0, 0.05) is 18.9 Å². The number of ketones is 1. The Morgan fingerprint density at radius 1 is 0.730 bits per heavy atom. The number of carbonyl (C=O) groups is 1. The molecule has 0 fully saturated rings. The van der Waals surface area contributed by atoms with Crippen molar-refractivity contribution in [2.45, 2.75) is 123 Å². The van der Waals surface area contributed by atoms with Gasteiger partial charge in [0.15, 0.2) is 0 Å². The lowest BCUT2D eigenvalue weighted by molar-refractivity contribution is -0.870. The van der Waals surface area contributed by atoms with E-state index in [2.05, 4.69) is 6.92 Å². The van der Waals surface area contributed by atoms with Crippen LogP contribution < -0.4 is 4.89 Å². The Morgan fingerprint density at radius 3 is 1.62 bits per heavy atom. The van der Waals surface area contributed by atoms with E-state index in [1.807, 2.05) is 21.1 Å². The van der Waals surface area contributed by atoms with Crippen molar-refractivity contribution in [2.75, 3.05) is 54.1 Å². The standard InChI is InChI=1S/C29H60NO6P/c1-6-7-8-9-10-11-12-13-14-15-16-17-18-19-20-21-23-34-26-29(25-28(2)31)27-36-37(32,33)35-24-22-30(3,4)5/h29H,6-27H2,1-5H3/t29-/m0/s1. The minimum atomic E-state index is -4.38. The average Bonchev–Trinajstić information content (AvgIpc) is 2.80. The van der Waals surface area contributed by atoms with Gasteiger partial charge in [0.2, 0.25) is 0 Å². The monoisotopic (exact) mass is 549 g/mol. The molecule has 0 heterocycles. The molecule has 0 rings (SSSR count). The molecule has 0 aromatic heterocycles.